The maximum Gasteiger partial charge on any atom is 0.0994 e. The zero-order chi connectivity index (χ0) is 18.4. The van der Waals surface area contributed by atoms with Crippen molar-refractivity contribution in [2.45, 2.75) is 97.9 Å². The van der Waals surface area contributed by atoms with Gasteiger partial charge in [-0.05, 0) is 71.3 Å². The molecule has 1 fully saturated rings. The Hall–Kier alpha value is -1.07. The molecule has 25 heavy (non-hydrogen) atoms. The summed E-state index contributed by atoms with van der Waals surface area (Å²) in [6.07, 6.45) is 11.5. The van der Waals surface area contributed by atoms with E-state index in [1.807, 2.05) is 0 Å². The maximum absolute atomic E-state index is 9.84. The van der Waals surface area contributed by atoms with E-state index in [1.165, 1.54) is 68.2 Å². The summed E-state index contributed by atoms with van der Waals surface area (Å²) in [5.74, 6) is 0.850. The highest BCUT2D eigenvalue weighted by Crippen LogP contribution is 2.37. The molecule has 1 aliphatic carbocycles. The second-order valence-electron chi connectivity index (χ2n) is 9.00. The van der Waals surface area contributed by atoms with Gasteiger partial charge in [0.15, 0.2) is 0 Å². The van der Waals surface area contributed by atoms with Crippen LogP contribution in [-0.4, -0.2) is 23.5 Å². The van der Waals surface area contributed by atoms with Crippen molar-refractivity contribution in [1.82, 2.24) is 4.90 Å². The van der Waals surface area contributed by atoms with Gasteiger partial charge in [-0.2, -0.15) is 5.26 Å². The summed E-state index contributed by atoms with van der Waals surface area (Å²) in [7, 11) is 0. The molecule has 2 nitrogen and oxygen atoms in total. The van der Waals surface area contributed by atoms with Crippen LogP contribution in [0.25, 0.3) is 0 Å². The van der Waals surface area contributed by atoms with Crippen molar-refractivity contribution in [3.8, 4) is 6.07 Å². The normalized spacial score (nSPS) is 23.4. The van der Waals surface area contributed by atoms with Crippen LogP contribution in [0, 0.1) is 17.2 Å². The van der Waals surface area contributed by atoms with Gasteiger partial charge in [0.25, 0.3) is 0 Å². The van der Waals surface area contributed by atoms with Gasteiger partial charge in [-0.1, -0.05) is 43.8 Å². The average molecular weight is 343 g/mol. The van der Waals surface area contributed by atoms with Crippen molar-refractivity contribution in [3.63, 3.8) is 0 Å². The Morgan fingerprint density at radius 1 is 1.24 bits per heavy atom. The van der Waals surface area contributed by atoms with Crippen molar-refractivity contribution < 1.29 is 0 Å². The lowest BCUT2D eigenvalue weighted by molar-refractivity contribution is 0.0898. The van der Waals surface area contributed by atoms with Crippen LogP contribution in [0.3, 0.4) is 0 Å². The van der Waals surface area contributed by atoms with Crippen molar-refractivity contribution in [3.05, 3.63) is 22.3 Å². The molecule has 0 spiro atoms. The van der Waals surface area contributed by atoms with Crippen LogP contribution >= 0.6 is 0 Å². The Bertz CT molecular complexity index is 553. The molecule has 0 atom stereocenters. The monoisotopic (exact) mass is 342 g/mol. The molecule has 2 rings (SSSR count). The van der Waals surface area contributed by atoms with Crippen molar-refractivity contribution in [2.75, 3.05) is 13.1 Å². The molecule has 0 aromatic carbocycles. The minimum Gasteiger partial charge on any atom is -0.293 e. The van der Waals surface area contributed by atoms with Gasteiger partial charge < -0.3 is 0 Å². The lowest BCUT2D eigenvalue weighted by atomic mass is 9.81. The number of unbranched alkanes of at least 4 members (excludes halogenated alkanes) is 1. The molecule has 1 saturated carbocycles. The molecule has 2 heteroatoms. The highest BCUT2D eigenvalue weighted by atomic mass is 15.2. The summed E-state index contributed by atoms with van der Waals surface area (Å²) >= 11 is 0. The van der Waals surface area contributed by atoms with E-state index in [0.717, 1.165) is 30.9 Å². The zero-order valence-electron chi connectivity index (χ0n) is 17.2. The first-order chi connectivity index (χ1) is 11.9. The van der Waals surface area contributed by atoms with Crippen molar-refractivity contribution >= 4 is 0 Å². The number of rotatable bonds is 6. The van der Waals surface area contributed by atoms with Gasteiger partial charge in [0, 0.05) is 18.6 Å². The highest BCUT2D eigenvalue weighted by molar-refractivity contribution is 5.49. The predicted octanol–water partition coefficient (Wildman–Crippen LogP) is 6.40. The predicted molar refractivity (Wildman–Crippen MR) is 107 cm³/mol. The number of nitriles is 1. The van der Waals surface area contributed by atoms with Gasteiger partial charge in [-0.3, -0.25) is 4.90 Å². The molecule has 1 heterocycles. The summed E-state index contributed by atoms with van der Waals surface area (Å²) in [6, 6.07) is 2.56. The quantitative estimate of drug-likeness (QED) is 0.522. The molecular formula is C23H38N2. The Kier molecular flexibility index (Phi) is 7.32. The largest absolute Gasteiger partial charge is 0.293 e. The molecule has 0 unspecified atom stereocenters. The minimum atomic E-state index is 0.211. The van der Waals surface area contributed by atoms with Gasteiger partial charge >= 0.3 is 0 Å². The van der Waals surface area contributed by atoms with E-state index in [2.05, 4.69) is 45.6 Å². The number of hydrogen-bond donors (Lipinski definition) is 0. The fourth-order valence-electron chi connectivity index (χ4n) is 4.68. The van der Waals surface area contributed by atoms with E-state index in [4.69, 9.17) is 0 Å². The van der Waals surface area contributed by atoms with Gasteiger partial charge in [-0.25, -0.2) is 0 Å². The van der Waals surface area contributed by atoms with Crippen LogP contribution in [0.2, 0.25) is 0 Å². The Balaban J connectivity index is 2.21. The SMILES string of the molecule is CCCC/C(C)=C(/C#N)C1=C(C)CC(C)(C)N(CC2CCCCC2)C1. The Labute approximate surface area is 156 Å². The summed E-state index contributed by atoms with van der Waals surface area (Å²) in [5, 5.41) is 9.84. The first kappa shape index (κ1) is 20.2. The minimum absolute atomic E-state index is 0.211. The first-order valence-corrected chi connectivity index (χ1v) is 10.4. The van der Waals surface area contributed by atoms with Crippen molar-refractivity contribution in [2.24, 2.45) is 5.92 Å². The molecular weight excluding hydrogens is 304 g/mol. The Morgan fingerprint density at radius 3 is 2.52 bits per heavy atom. The molecule has 0 saturated heterocycles. The first-order valence-electron chi connectivity index (χ1n) is 10.4. The molecule has 0 N–H and O–H groups in total. The van der Waals surface area contributed by atoms with E-state index in [0.29, 0.717) is 0 Å². The van der Waals surface area contributed by atoms with Crippen LogP contribution in [0.4, 0.5) is 0 Å². The number of allylic oxidation sites excluding steroid dienone is 1. The molecule has 0 aromatic heterocycles. The van der Waals surface area contributed by atoms with Gasteiger partial charge in [-0.15, -0.1) is 0 Å². The van der Waals surface area contributed by atoms with Gasteiger partial charge in [0.2, 0.25) is 0 Å². The number of hydrogen-bond acceptors (Lipinski definition) is 2. The topological polar surface area (TPSA) is 27.0 Å². The molecule has 1 aliphatic heterocycles. The number of nitrogens with zero attached hydrogens (tertiary/aromatic N) is 2. The van der Waals surface area contributed by atoms with E-state index in [9.17, 15) is 5.26 Å². The molecule has 0 aromatic rings. The van der Waals surface area contributed by atoms with E-state index in [-0.39, 0.29) is 5.54 Å². The van der Waals surface area contributed by atoms with Crippen LogP contribution in [0.1, 0.15) is 92.4 Å². The fraction of sp³-hybridized carbons (Fsp3) is 0.783. The second-order valence-corrected chi connectivity index (χ2v) is 9.00. The molecule has 0 radical (unpaired) electrons. The van der Waals surface area contributed by atoms with Crippen LogP contribution in [0.5, 0.6) is 0 Å². The third-order valence-electron chi connectivity index (χ3n) is 6.37. The van der Waals surface area contributed by atoms with Gasteiger partial charge in [0.05, 0.1) is 11.6 Å². The van der Waals surface area contributed by atoms with Crippen LogP contribution < -0.4 is 0 Å². The van der Waals surface area contributed by atoms with Crippen LogP contribution in [0.15, 0.2) is 22.3 Å². The average Bonchev–Trinajstić information content (AvgIpc) is 2.58. The smallest absolute Gasteiger partial charge is 0.0994 e. The molecule has 0 amide bonds. The lowest BCUT2D eigenvalue weighted by Crippen LogP contribution is -2.50. The standard InChI is InChI=1S/C23H38N2/c1-6-7-11-18(2)21(15-24)22-17-25(23(4,5)14-19(22)3)16-20-12-9-8-10-13-20/h20H,6-14,16-17H2,1-5H3/b21-18-. The lowest BCUT2D eigenvalue weighted by Gasteiger charge is -2.46. The van der Waals surface area contributed by atoms with E-state index >= 15 is 0 Å². The highest BCUT2D eigenvalue weighted by Gasteiger charge is 2.35. The fourth-order valence-corrected chi connectivity index (χ4v) is 4.68. The summed E-state index contributed by atoms with van der Waals surface area (Å²) < 4.78 is 0. The van der Waals surface area contributed by atoms with E-state index in [1.54, 1.807) is 0 Å². The summed E-state index contributed by atoms with van der Waals surface area (Å²) in [5.41, 5.74) is 5.23. The molecule has 0 bridgehead atoms. The third-order valence-corrected chi connectivity index (χ3v) is 6.37. The van der Waals surface area contributed by atoms with Gasteiger partial charge in [0.1, 0.15) is 0 Å². The maximum atomic E-state index is 9.84. The summed E-state index contributed by atoms with van der Waals surface area (Å²) in [4.78, 5) is 2.68. The molecule has 140 valence electrons. The van der Waals surface area contributed by atoms with Crippen LogP contribution in [-0.2, 0) is 0 Å². The molecule has 2 aliphatic rings. The van der Waals surface area contributed by atoms with E-state index < -0.39 is 0 Å². The summed E-state index contributed by atoms with van der Waals surface area (Å²) in [6.45, 7) is 13.6. The third kappa shape index (κ3) is 5.20. The second kappa shape index (κ2) is 9.04. The van der Waals surface area contributed by atoms with Crippen molar-refractivity contribution in [1.29, 1.82) is 5.26 Å². The zero-order valence-corrected chi connectivity index (χ0v) is 17.2. The Morgan fingerprint density at radius 2 is 1.92 bits per heavy atom.